The van der Waals surface area contributed by atoms with E-state index in [1.165, 1.54) is 134 Å². The number of nitro groups is 4. The molecule has 0 unspecified atom stereocenters. The quantitative estimate of drug-likeness (QED) is 0.0306. The van der Waals surface area contributed by atoms with Gasteiger partial charge in [0, 0.05) is 60.7 Å². The predicted molar refractivity (Wildman–Crippen MR) is 188 cm³/mol. The van der Waals surface area contributed by atoms with E-state index in [0.717, 1.165) is 12.2 Å². The highest BCUT2D eigenvalue weighted by molar-refractivity contribution is 5.89. The Kier molecular flexibility index (Phi) is 12.4. The summed E-state index contributed by atoms with van der Waals surface area (Å²) in [6.07, 6.45) is 10.1. The summed E-state index contributed by atoms with van der Waals surface area (Å²) in [5.74, 6) is -2.54. The van der Waals surface area contributed by atoms with E-state index in [1.807, 2.05) is 0 Å². The molecule has 0 N–H and O–H groups in total. The number of ether oxygens (including phenoxy) is 2. The summed E-state index contributed by atoms with van der Waals surface area (Å²) in [5.41, 5.74) is 1.07. The number of nitrogens with zero attached hydrogens (tertiary/aromatic N) is 4. The highest BCUT2D eigenvalue weighted by Gasteiger charge is 2.14. The molecule has 0 bridgehead atoms. The maximum Gasteiger partial charge on any atom is 0.336 e. The Morgan fingerprint density at radius 3 is 0.808 bits per heavy atom. The zero-order valence-corrected chi connectivity index (χ0v) is 26.5. The summed E-state index contributed by atoms with van der Waals surface area (Å²) in [6.45, 7) is 0. The molecule has 0 aliphatic heterocycles. The Morgan fingerprint density at radius 1 is 0.385 bits per heavy atom. The number of carbonyl (C=O) groups is 2. The molecule has 0 atom stereocenters. The number of benzene rings is 4. The highest BCUT2D eigenvalue weighted by atomic mass is 16.6. The number of nitro benzene ring substituents is 4. The topological polar surface area (TPSA) is 225 Å². The molecule has 4 rings (SSSR count). The summed E-state index contributed by atoms with van der Waals surface area (Å²) in [4.78, 5) is 67.9. The molecular weight excluding hydrogens is 680 g/mol. The zero-order valence-electron chi connectivity index (χ0n) is 26.5. The van der Waals surface area contributed by atoms with E-state index in [2.05, 4.69) is 0 Å². The molecule has 0 radical (unpaired) electrons. The van der Waals surface area contributed by atoms with Gasteiger partial charge in [-0.1, -0.05) is 12.2 Å². The van der Waals surface area contributed by atoms with Crippen molar-refractivity contribution in [3.63, 3.8) is 0 Å². The van der Waals surface area contributed by atoms with E-state index in [0.29, 0.717) is 22.3 Å². The lowest BCUT2D eigenvalue weighted by atomic mass is 10.1. The van der Waals surface area contributed by atoms with E-state index in [1.54, 1.807) is 0 Å². The zero-order chi connectivity index (χ0) is 37.6. The molecule has 0 amide bonds. The molecule has 52 heavy (non-hydrogen) atoms. The van der Waals surface area contributed by atoms with Crippen LogP contribution in [-0.4, -0.2) is 31.6 Å². The van der Waals surface area contributed by atoms with Crippen molar-refractivity contribution in [1.29, 1.82) is 0 Å². The number of hydrogen-bond donors (Lipinski definition) is 0. The smallest absolute Gasteiger partial charge is 0.336 e. The number of rotatable bonds is 14. The van der Waals surface area contributed by atoms with Gasteiger partial charge >= 0.3 is 11.9 Å². The van der Waals surface area contributed by atoms with Crippen LogP contribution in [0.25, 0.3) is 24.3 Å². The molecule has 16 heteroatoms. The normalized spacial score (nSPS) is 11.8. The largest absolute Gasteiger partial charge is 0.419 e. The van der Waals surface area contributed by atoms with E-state index >= 15 is 0 Å². The van der Waals surface area contributed by atoms with Gasteiger partial charge in [-0.25, -0.2) is 9.59 Å². The Balaban J connectivity index is 1.73. The van der Waals surface area contributed by atoms with Crippen molar-refractivity contribution < 1.29 is 38.8 Å². The molecule has 260 valence electrons. The van der Waals surface area contributed by atoms with Crippen molar-refractivity contribution >= 4 is 59.0 Å². The van der Waals surface area contributed by atoms with Crippen molar-refractivity contribution in [3.8, 4) is 0 Å². The van der Waals surface area contributed by atoms with E-state index in [-0.39, 0.29) is 34.3 Å². The second-order valence-electron chi connectivity index (χ2n) is 10.3. The lowest BCUT2D eigenvalue weighted by Crippen LogP contribution is -2.07. The van der Waals surface area contributed by atoms with Crippen LogP contribution >= 0.6 is 0 Å². The minimum absolute atomic E-state index is 0.157. The molecule has 4 aromatic rings. The molecular formula is C36H24N4O12. The fraction of sp³-hybridized carbons (Fsp3) is 0. The fourth-order valence-electron chi connectivity index (χ4n) is 4.12. The Labute approximate surface area is 293 Å². The van der Waals surface area contributed by atoms with E-state index < -0.39 is 31.6 Å². The van der Waals surface area contributed by atoms with Gasteiger partial charge in [0.15, 0.2) is 11.5 Å². The minimum Gasteiger partial charge on any atom is -0.419 e. The standard InChI is InChI=1S/C36H24N4O12/c41-35(23-11-27-5-17-31(18-6-27)39(47)48)51-33(21-9-25-1-13-29(14-2-25)37(43)44)34(22-10-26-3-15-30(16-4-26)38(45)46)52-36(42)24-12-28-7-19-32(20-8-28)40(49)50/h1-24H/b21-9?,22-10?,23-11+,24-12+,34-33?. The Hall–Kier alpha value is -7.88. The van der Waals surface area contributed by atoms with Gasteiger partial charge in [0.1, 0.15) is 0 Å². The lowest BCUT2D eigenvalue weighted by molar-refractivity contribution is -0.385. The second-order valence-corrected chi connectivity index (χ2v) is 10.3. The summed E-state index contributed by atoms with van der Waals surface area (Å²) in [6, 6.07) is 21.3. The van der Waals surface area contributed by atoms with Crippen molar-refractivity contribution in [2.75, 3.05) is 0 Å². The first-order chi connectivity index (χ1) is 24.9. The third-order valence-electron chi connectivity index (χ3n) is 6.76. The maximum absolute atomic E-state index is 13.0. The number of allylic oxidation sites excluding steroid dienone is 2. The number of carbonyl (C=O) groups excluding carboxylic acids is 2. The van der Waals surface area contributed by atoms with Gasteiger partial charge in [-0.2, -0.15) is 0 Å². The Bertz CT molecular complexity index is 2000. The molecule has 4 aromatic carbocycles. The van der Waals surface area contributed by atoms with Crippen LogP contribution in [-0.2, 0) is 19.1 Å². The third kappa shape index (κ3) is 11.1. The molecule has 0 aliphatic rings. The molecule has 0 saturated heterocycles. The van der Waals surface area contributed by atoms with Gasteiger partial charge < -0.3 is 9.47 Å². The number of non-ortho nitro benzene ring substituents is 4. The predicted octanol–water partition coefficient (Wildman–Crippen LogP) is 7.77. The first-order valence-corrected chi connectivity index (χ1v) is 14.8. The van der Waals surface area contributed by atoms with Crippen molar-refractivity contribution in [3.05, 3.63) is 196 Å². The lowest BCUT2D eigenvalue weighted by Gasteiger charge is -2.09. The first kappa shape index (κ1) is 36.9. The van der Waals surface area contributed by atoms with E-state index in [4.69, 9.17) is 9.47 Å². The third-order valence-corrected chi connectivity index (χ3v) is 6.76. The Morgan fingerprint density at radius 2 is 0.596 bits per heavy atom. The van der Waals surface area contributed by atoms with Crippen LogP contribution in [0.5, 0.6) is 0 Å². The summed E-state index contributed by atoms with van der Waals surface area (Å²) in [7, 11) is 0. The first-order valence-electron chi connectivity index (χ1n) is 14.8. The van der Waals surface area contributed by atoms with Gasteiger partial charge in [-0.05, 0) is 95.1 Å². The summed E-state index contributed by atoms with van der Waals surface area (Å²) >= 11 is 0. The molecule has 0 spiro atoms. The second kappa shape index (κ2) is 17.5. The molecule has 0 saturated carbocycles. The molecule has 16 nitrogen and oxygen atoms in total. The van der Waals surface area contributed by atoms with Crippen LogP contribution < -0.4 is 0 Å². The SMILES string of the molecule is O=C(/C=C/c1ccc([N+](=O)[O-])cc1)OC(C=Cc1ccc([N+](=O)[O-])cc1)=C(C=Cc1ccc([N+](=O)[O-])cc1)OC(=O)/C=C/c1ccc([N+](=O)[O-])cc1. The van der Waals surface area contributed by atoms with Gasteiger partial charge in [0.2, 0.25) is 0 Å². The van der Waals surface area contributed by atoms with Gasteiger partial charge in [-0.15, -0.1) is 0 Å². The van der Waals surface area contributed by atoms with Crippen LogP contribution in [0.4, 0.5) is 22.7 Å². The van der Waals surface area contributed by atoms with Gasteiger partial charge in [0.05, 0.1) is 19.7 Å². The maximum atomic E-state index is 13.0. The van der Waals surface area contributed by atoms with Crippen LogP contribution in [0, 0.1) is 40.5 Å². The van der Waals surface area contributed by atoms with E-state index in [9.17, 15) is 50.0 Å². The monoisotopic (exact) mass is 704 g/mol. The van der Waals surface area contributed by atoms with Crippen LogP contribution in [0.3, 0.4) is 0 Å². The van der Waals surface area contributed by atoms with Crippen molar-refractivity contribution in [2.24, 2.45) is 0 Å². The molecule has 0 heterocycles. The summed E-state index contributed by atoms with van der Waals surface area (Å²) in [5, 5.41) is 44.1. The van der Waals surface area contributed by atoms with Gasteiger partial charge in [-0.3, -0.25) is 40.5 Å². The molecule has 0 aliphatic carbocycles. The fourth-order valence-corrected chi connectivity index (χ4v) is 4.12. The van der Waals surface area contributed by atoms with Crippen LogP contribution in [0.15, 0.2) is 133 Å². The highest BCUT2D eigenvalue weighted by Crippen LogP contribution is 2.21. The van der Waals surface area contributed by atoms with Crippen LogP contribution in [0.2, 0.25) is 0 Å². The molecule has 0 aromatic heterocycles. The van der Waals surface area contributed by atoms with Crippen LogP contribution in [0.1, 0.15) is 22.3 Å². The average molecular weight is 705 g/mol. The van der Waals surface area contributed by atoms with Gasteiger partial charge in [0.25, 0.3) is 22.7 Å². The average Bonchev–Trinajstić information content (AvgIpc) is 3.14. The minimum atomic E-state index is -0.958. The van der Waals surface area contributed by atoms with Crippen molar-refractivity contribution in [1.82, 2.24) is 0 Å². The summed E-state index contributed by atoms with van der Waals surface area (Å²) < 4.78 is 11.1. The number of esters is 2. The molecule has 0 fully saturated rings. The van der Waals surface area contributed by atoms with Crippen molar-refractivity contribution in [2.45, 2.75) is 0 Å². The number of hydrogen-bond acceptors (Lipinski definition) is 12.